The molecule has 2 nitrogen and oxygen atoms in total. The summed E-state index contributed by atoms with van der Waals surface area (Å²) in [5, 5.41) is 9.92. The molecule has 0 aromatic carbocycles. The minimum atomic E-state index is -0.673. The summed E-state index contributed by atoms with van der Waals surface area (Å²) in [4.78, 5) is 10.3. The fraction of sp³-hybridized carbons (Fsp3) is 0.909. The number of carboxylic acids is 1. The van der Waals surface area contributed by atoms with Crippen molar-refractivity contribution in [1.29, 1.82) is 0 Å². The molecule has 0 aliphatic carbocycles. The van der Waals surface area contributed by atoms with Crippen molar-refractivity contribution in [2.45, 2.75) is 49.5 Å². The Bertz CT molecular complexity index is 174. The van der Waals surface area contributed by atoms with Crippen LogP contribution in [0.15, 0.2) is 0 Å². The molecule has 0 saturated carbocycles. The highest BCUT2D eigenvalue weighted by Gasteiger charge is 2.11. The van der Waals surface area contributed by atoms with Gasteiger partial charge in [0.1, 0.15) is 0 Å². The van der Waals surface area contributed by atoms with Crippen LogP contribution in [0.4, 0.5) is 0 Å². The van der Waals surface area contributed by atoms with Crippen LogP contribution >= 0.6 is 23.5 Å². The number of thioether (sulfide) groups is 2. The fourth-order valence-electron chi connectivity index (χ4n) is 1.45. The minimum absolute atomic E-state index is 0.319. The van der Waals surface area contributed by atoms with Gasteiger partial charge in [0, 0.05) is 16.9 Å². The minimum Gasteiger partial charge on any atom is -0.481 e. The Morgan fingerprint density at radius 3 is 2.40 bits per heavy atom. The molecule has 15 heavy (non-hydrogen) atoms. The van der Waals surface area contributed by atoms with Gasteiger partial charge in [-0.05, 0) is 31.8 Å². The van der Waals surface area contributed by atoms with Gasteiger partial charge in [0.05, 0.1) is 0 Å². The van der Waals surface area contributed by atoms with Gasteiger partial charge < -0.3 is 5.11 Å². The normalized spacial score (nSPS) is 14.9. The zero-order valence-corrected chi connectivity index (χ0v) is 11.5. The van der Waals surface area contributed by atoms with Crippen LogP contribution in [0.25, 0.3) is 0 Å². The summed E-state index contributed by atoms with van der Waals surface area (Å²) in [5.74, 6) is -0.673. The van der Waals surface area contributed by atoms with E-state index >= 15 is 0 Å². The largest absolute Gasteiger partial charge is 0.481 e. The van der Waals surface area contributed by atoms with Gasteiger partial charge in [0.15, 0.2) is 0 Å². The molecule has 0 heterocycles. The van der Waals surface area contributed by atoms with E-state index in [9.17, 15) is 4.79 Å². The first kappa shape index (κ1) is 15.2. The van der Waals surface area contributed by atoms with Crippen molar-refractivity contribution in [2.24, 2.45) is 0 Å². The molecular formula is C11H22O2S2. The van der Waals surface area contributed by atoms with Gasteiger partial charge in [-0.1, -0.05) is 13.3 Å². The molecule has 0 rings (SSSR count). The first-order valence-corrected chi connectivity index (χ1v) is 7.95. The molecule has 0 bridgehead atoms. The predicted octanol–water partition coefficient (Wildman–Crippen LogP) is 3.50. The second-order valence-corrected chi connectivity index (χ2v) is 6.19. The molecule has 0 spiro atoms. The molecule has 2 unspecified atom stereocenters. The molecular weight excluding hydrogens is 228 g/mol. The highest BCUT2D eigenvalue weighted by Crippen LogP contribution is 2.24. The lowest BCUT2D eigenvalue weighted by atomic mass is 10.1. The van der Waals surface area contributed by atoms with Crippen LogP contribution in [0, 0.1) is 0 Å². The van der Waals surface area contributed by atoms with E-state index in [0.717, 1.165) is 19.3 Å². The van der Waals surface area contributed by atoms with Gasteiger partial charge in [-0.3, -0.25) is 4.79 Å². The van der Waals surface area contributed by atoms with E-state index in [0.29, 0.717) is 16.9 Å². The van der Waals surface area contributed by atoms with Crippen LogP contribution in [-0.4, -0.2) is 34.1 Å². The van der Waals surface area contributed by atoms with E-state index < -0.39 is 5.97 Å². The summed E-state index contributed by atoms with van der Waals surface area (Å²) in [7, 11) is 0. The lowest BCUT2D eigenvalue weighted by Gasteiger charge is -2.17. The average molecular weight is 250 g/mol. The Morgan fingerprint density at radius 2 is 1.93 bits per heavy atom. The Kier molecular flexibility index (Phi) is 9.51. The number of carbonyl (C=O) groups is 1. The maximum absolute atomic E-state index is 10.3. The van der Waals surface area contributed by atoms with E-state index in [2.05, 4.69) is 19.4 Å². The monoisotopic (exact) mass is 250 g/mol. The van der Waals surface area contributed by atoms with Gasteiger partial charge in [0.25, 0.3) is 0 Å². The zero-order chi connectivity index (χ0) is 11.7. The van der Waals surface area contributed by atoms with Crippen LogP contribution in [0.2, 0.25) is 0 Å². The number of hydrogen-bond acceptors (Lipinski definition) is 3. The number of unbranched alkanes of at least 4 members (excludes halogenated alkanes) is 1. The van der Waals surface area contributed by atoms with Gasteiger partial charge in [-0.15, -0.1) is 0 Å². The lowest BCUT2D eigenvalue weighted by Crippen LogP contribution is -2.09. The maximum Gasteiger partial charge on any atom is 0.303 e. The molecule has 2 atom stereocenters. The van der Waals surface area contributed by atoms with Crippen molar-refractivity contribution >= 4 is 29.5 Å². The van der Waals surface area contributed by atoms with Crippen molar-refractivity contribution in [2.75, 3.05) is 12.5 Å². The van der Waals surface area contributed by atoms with E-state index in [1.807, 2.05) is 23.5 Å². The van der Waals surface area contributed by atoms with Crippen LogP contribution in [0.5, 0.6) is 0 Å². The summed E-state index contributed by atoms with van der Waals surface area (Å²) < 4.78 is 0. The molecule has 0 aromatic rings. The van der Waals surface area contributed by atoms with Crippen LogP contribution in [-0.2, 0) is 4.79 Å². The van der Waals surface area contributed by atoms with Crippen molar-refractivity contribution in [3.05, 3.63) is 0 Å². The Labute approximate surface area is 102 Å². The average Bonchev–Trinajstić information content (AvgIpc) is 2.21. The highest BCUT2D eigenvalue weighted by molar-refractivity contribution is 8.00. The number of rotatable bonds is 9. The zero-order valence-electron chi connectivity index (χ0n) is 9.86. The maximum atomic E-state index is 10.3. The standard InChI is InChI=1S/C11H22O2S2/c1-9(14-2)8-10(15-3)6-4-5-7-11(12)13/h9-10H,4-8H2,1-3H3,(H,12,13). The van der Waals surface area contributed by atoms with Gasteiger partial charge >= 0.3 is 5.97 Å². The van der Waals surface area contributed by atoms with Crippen LogP contribution in [0.1, 0.15) is 39.0 Å². The van der Waals surface area contributed by atoms with Crippen molar-refractivity contribution < 1.29 is 9.90 Å². The summed E-state index contributed by atoms with van der Waals surface area (Å²) >= 11 is 3.82. The summed E-state index contributed by atoms with van der Waals surface area (Å²) in [6.45, 7) is 2.26. The molecule has 0 amide bonds. The van der Waals surface area contributed by atoms with E-state index in [4.69, 9.17) is 5.11 Å². The van der Waals surface area contributed by atoms with E-state index in [1.165, 1.54) is 6.42 Å². The van der Waals surface area contributed by atoms with Crippen molar-refractivity contribution in [3.8, 4) is 0 Å². The molecule has 0 aliphatic heterocycles. The topological polar surface area (TPSA) is 37.3 Å². The SMILES string of the molecule is CSC(C)CC(CCCCC(=O)O)SC. The molecule has 0 aliphatic rings. The second kappa shape index (κ2) is 9.40. The summed E-state index contributed by atoms with van der Waals surface area (Å²) in [6.07, 6.45) is 8.86. The first-order valence-electron chi connectivity index (χ1n) is 5.37. The summed E-state index contributed by atoms with van der Waals surface area (Å²) in [5.41, 5.74) is 0. The van der Waals surface area contributed by atoms with Crippen molar-refractivity contribution in [1.82, 2.24) is 0 Å². The number of hydrogen-bond donors (Lipinski definition) is 1. The molecule has 0 fully saturated rings. The van der Waals surface area contributed by atoms with Crippen LogP contribution < -0.4 is 0 Å². The van der Waals surface area contributed by atoms with Gasteiger partial charge in [-0.2, -0.15) is 23.5 Å². The first-order chi connectivity index (χ1) is 7.10. The smallest absolute Gasteiger partial charge is 0.303 e. The van der Waals surface area contributed by atoms with E-state index in [1.54, 1.807) is 0 Å². The third-order valence-electron chi connectivity index (χ3n) is 2.50. The number of aliphatic carboxylic acids is 1. The second-order valence-electron chi connectivity index (χ2n) is 3.78. The van der Waals surface area contributed by atoms with Gasteiger partial charge in [0.2, 0.25) is 0 Å². The Hall–Kier alpha value is 0.170. The third kappa shape index (κ3) is 9.12. The van der Waals surface area contributed by atoms with E-state index in [-0.39, 0.29) is 0 Å². The Morgan fingerprint density at radius 1 is 1.27 bits per heavy atom. The van der Waals surface area contributed by atoms with Gasteiger partial charge in [-0.25, -0.2) is 0 Å². The quantitative estimate of drug-likeness (QED) is 0.635. The number of carboxylic acid groups (broad SMARTS) is 1. The molecule has 0 saturated heterocycles. The Balaban J connectivity index is 3.56. The molecule has 4 heteroatoms. The molecule has 0 aromatic heterocycles. The summed E-state index contributed by atoms with van der Waals surface area (Å²) in [6, 6.07) is 0. The molecule has 0 radical (unpaired) electrons. The lowest BCUT2D eigenvalue weighted by molar-refractivity contribution is -0.137. The molecule has 1 N–H and O–H groups in total. The molecule has 90 valence electrons. The predicted molar refractivity (Wildman–Crippen MR) is 71.0 cm³/mol. The highest BCUT2D eigenvalue weighted by atomic mass is 32.2. The third-order valence-corrected chi connectivity index (χ3v) is 4.59. The fourth-order valence-corrected chi connectivity index (χ4v) is 2.88. The van der Waals surface area contributed by atoms with Crippen LogP contribution in [0.3, 0.4) is 0 Å². The van der Waals surface area contributed by atoms with Crippen molar-refractivity contribution in [3.63, 3.8) is 0 Å².